The van der Waals surface area contributed by atoms with Crippen molar-refractivity contribution in [3.05, 3.63) is 275 Å². The fourth-order valence-electron chi connectivity index (χ4n) is 13.9. The highest BCUT2D eigenvalue weighted by Gasteiger charge is 2.56. The fourth-order valence-corrected chi connectivity index (χ4v) is 15.1. The van der Waals surface area contributed by atoms with E-state index in [1.807, 2.05) is 18.0 Å². The Kier molecular flexibility index (Phi) is 7.25. The zero-order valence-corrected chi connectivity index (χ0v) is 39.0. The second-order valence-electron chi connectivity index (χ2n) is 19.5. The van der Waals surface area contributed by atoms with Gasteiger partial charge >= 0.3 is 0 Å². The van der Waals surface area contributed by atoms with Crippen molar-refractivity contribution in [2.45, 2.75) is 20.6 Å². The molecule has 2 spiro atoms. The van der Waals surface area contributed by atoms with Gasteiger partial charge < -0.3 is 9.13 Å². The van der Waals surface area contributed by atoms with E-state index in [9.17, 15) is 0 Å². The average molecular weight is 919 g/mol. The van der Waals surface area contributed by atoms with Crippen molar-refractivity contribution in [2.75, 3.05) is 0 Å². The van der Waals surface area contributed by atoms with E-state index in [-0.39, 0.29) is 0 Å². The number of para-hydroxylation sites is 3. The van der Waals surface area contributed by atoms with Crippen molar-refractivity contribution < 1.29 is 0 Å². The zero-order valence-electron chi connectivity index (χ0n) is 38.1. The molecule has 13 aromatic rings. The molecule has 9 aromatic carbocycles. The number of nitrogens with zero attached hydrogens (tertiary/aromatic N) is 4. The van der Waals surface area contributed by atoms with E-state index in [0.29, 0.717) is 0 Å². The van der Waals surface area contributed by atoms with E-state index in [1.165, 1.54) is 104 Å². The maximum Gasteiger partial charge on any atom is 0.0939 e. The van der Waals surface area contributed by atoms with Gasteiger partial charge in [0.15, 0.2) is 0 Å². The molecule has 0 amide bonds. The molecule has 4 aliphatic rings. The van der Waals surface area contributed by atoms with Gasteiger partial charge in [0.05, 0.1) is 56.2 Å². The Hall–Kier alpha value is -8.77. The molecule has 3 aliphatic carbocycles. The molecule has 4 nitrogen and oxygen atoms in total. The second-order valence-corrected chi connectivity index (χ2v) is 20.6. The van der Waals surface area contributed by atoms with Crippen LogP contribution in [0.5, 0.6) is 0 Å². The van der Waals surface area contributed by atoms with Crippen molar-refractivity contribution in [3.8, 4) is 45.0 Å². The number of pyridine rings is 2. The molecule has 0 fully saturated rings. The van der Waals surface area contributed by atoms with Gasteiger partial charge in [-0.2, -0.15) is 0 Å². The van der Waals surface area contributed by atoms with E-state index >= 15 is 0 Å². The van der Waals surface area contributed by atoms with Crippen LogP contribution in [0.25, 0.3) is 88.6 Å². The molecule has 328 valence electrons. The summed E-state index contributed by atoms with van der Waals surface area (Å²) in [4.78, 5) is 13.3. The topological polar surface area (TPSA) is 35.6 Å². The molecule has 1 aliphatic heterocycles. The van der Waals surface area contributed by atoms with Crippen LogP contribution in [-0.4, -0.2) is 19.1 Å². The summed E-state index contributed by atoms with van der Waals surface area (Å²) in [5, 5.41) is 4.86. The standard InChI is InChI=1S/C66H38N4S/c1-2-17-39(18-3-1)69-57-29-13-7-22-44(57)46-32-33-47-45-23-8-14-30-58(45)70(64(47)63(46)69)40-35-56-62(68-38-40)61-53(28-16-34-67-61)66(56)52-27-12-15-31-59(52)71-60-37-54-48(36-55(60)66)43-21-6-11-26-51(43)65(54)49-24-9-4-19-41(49)42-20-5-10-25-50(42)65/h1-38H. The summed E-state index contributed by atoms with van der Waals surface area (Å²) in [7, 11) is 0. The summed E-state index contributed by atoms with van der Waals surface area (Å²) in [5.74, 6) is 0. The number of hydrogen-bond acceptors (Lipinski definition) is 3. The molecule has 4 aromatic heterocycles. The summed E-state index contributed by atoms with van der Waals surface area (Å²) < 4.78 is 4.95. The van der Waals surface area contributed by atoms with Crippen LogP contribution in [0.4, 0.5) is 0 Å². The third-order valence-corrected chi connectivity index (χ3v) is 17.6. The minimum absolute atomic E-state index is 0.454. The van der Waals surface area contributed by atoms with Crippen molar-refractivity contribution in [1.29, 1.82) is 0 Å². The lowest BCUT2D eigenvalue weighted by Gasteiger charge is -2.40. The first kappa shape index (κ1) is 38.1. The van der Waals surface area contributed by atoms with Crippen LogP contribution >= 0.6 is 11.8 Å². The first-order chi connectivity index (χ1) is 35.2. The summed E-state index contributed by atoms with van der Waals surface area (Å²) >= 11 is 1.90. The van der Waals surface area contributed by atoms with E-state index < -0.39 is 10.8 Å². The molecule has 1 atom stereocenters. The van der Waals surface area contributed by atoms with Crippen LogP contribution in [0.15, 0.2) is 241 Å². The van der Waals surface area contributed by atoms with Gasteiger partial charge in [0, 0.05) is 48.8 Å². The zero-order chi connectivity index (χ0) is 46.2. The Balaban J connectivity index is 0.994. The number of fused-ring (bicyclic) bond motifs is 26. The van der Waals surface area contributed by atoms with Crippen LogP contribution in [0.1, 0.15) is 44.5 Å². The van der Waals surface area contributed by atoms with Crippen molar-refractivity contribution >= 4 is 55.4 Å². The molecule has 5 heterocycles. The average Bonchev–Trinajstić information content (AvgIpc) is 4.21. The first-order valence-electron chi connectivity index (χ1n) is 24.5. The minimum atomic E-state index is -0.725. The Bertz CT molecular complexity index is 4480. The number of benzene rings is 9. The van der Waals surface area contributed by atoms with Crippen molar-refractivity contribution in [1.82, 2.24) is 19.1 Å². The van der Waals surface area contributed by atoms with E-state index in [4.69, 9.17) is 9.97 Å². The third kappa shape index (κ3) is 4.51. The Morgan fingerprint density at radius 2 is 0.845 bits per heavy atom. The van der Waals surface area contributed by atoms with Gasteiger partial charge in [-0.1, -0.05) is 176 Å². The van der Waals surface area contributed by atoms with E-state index in [0.717, 1.165) is 39.4 Å². The summed E-state index contributed by atoms with van der Waals surface area (Å²) in [6.07, 6.45) is 4.03. The summed E-state index contributed by atoms with van der Waals surface area (Å²) in [5.41, 5.74) is 22.9. The third-order valence-electron chi connectivity index (χ3n) is 16.5. The lowest BCUT2D eigenvalue weighted by molar-refractivity contribution is 0.714. The number of hydrogen-bond donors (Lipinski definition) is 0. The van der Waals surface area contributed by atoms with Gasteiger partial charge in [-0.3, -0.25) is 9.97 Å². The largest absolute Gasteiger partial charge is 0.307 e. The van der Waals surface area contributed by atoms with Crippen LogP contribution in [0, 0.1) is 0 Å². The maximum atomic E-state index is 5.59. The molecule has 0 saturated heterocycles. The fraction of sp³-hybridized carbons (Fsp3) is 0.0303. The molecule has 0 N–H and O–H groups in total. The predicted octanol–water partition coefficient (Wildman–Crippen LogP) is 15.8. The Morgan fingerprint density at radius 3 is 1.52 bits per heavy atom. The highest BCUT2D eigenvalue weighted by atomic mass is 32.2. The number of aromatic nitrogens is 4. The minimum Gasteiger partial charge on any atom is -0.307 e. The van der Waals surface area contributed by atoms with Crippen LogP contribution in [0.3, 0.4) is 0 Å². The van der Waals surface area contributed by atoms with Crippen LogP contribution < -0.4 is 0 Å². The second kappa shape index (κ2) is 13.5. The first-order valence-corrected chi connectivity index (χ1v) is 25.3. The monoisotopic (exact) mass is 918 g/mol. The highest BCUT2D eigenvalue weighted by Crippen LogP contribution is 2.67. The Morgan fingerprint density at radius 1 is 0.324 bits per heavy atom. The molecule has 0 radical (unpaired) electrons. The predicted molar refractivity (Wildman–Crippen MR) is 288 cm³/mol. The normalized spacial score (nSPS) is 16.0. The van der Waals surface area contributed by atoms with Crippen LogP contribution in [0.2, 0.25) is 0 Å². The summed E-state index contributed by atoms with van der Waals surface area (Å²) in [6, 6.07) is 81.7. The van der Waals surface area contributed by atoms with Crippen molar-refractivity contribution in [2.24, 2.45) is 0 Å². The maximum absolute atomic E-state index is 5.59. The molecule has 17 rings (SSSR count). The highest BCUT2D eigenvalue weighted by molar-refractivity contribution is 7.99. The Labute approximate surface area is 413 Å². The van der Waals surface area contributed by atoms with Crippen molar-refractivity contribution in [3.63, 3.8) is 0 Å². The van der Waals surface area contributed by atoms with Gasteiger partial charge in [-0.25, -0.2) is 0 Å². The van der Waals surface area contributed by atoms with E-state index in [1.54, 1.807) is 0 Å². The van der Waals surface area contributed by atoms with Gasteiger partial charge in [0.2, 0.25) is 0 Å². The SMILES string of the molecule is c1ccc(-n2c3ccccc3c3ccc4c5ccccc5n(-c5cnc6c(c5)C5(c7ccccc7Sc7cc8c(cc75)-c5ccccc5C85c7ccccc7-c7ccccc75)c5cccnc5-6)c4c32)cc1. The van der Waals surface area contributed by atoms with Gasteiger partial charge in [-0.05, 0) is 116 Å². The number of rotatable bonds is 2. The lowest BCUT2D eigenvalue weighted by Crippen LogP contribution is -2.33. The summed E-state index contributed by atoms with van der Waals surface area (Å²) in [6.45, 7) is 0. The van der Waals surface area contributed by atoms with Gasteiger partial charge in [0.25, 0.3) is 0 Å². The van der Waals surface area contributed by atoms with Gasteiger partial charge in [0.1, 0.15) is 0 Å². The van der Waals surface area contributed by atoms with E-state index in [2.05, 4.69) is 234 Å². The van der Waals surface area contributed by atoms with Crippen LogP contribution in [-0.2, 0) is 10.8 Å². The molecule has 1 unspecified atom stereocenters. The molecule has 0 saturated carbocycles. The smallest absolute Gasteiger partial charge is 0.0939 e. The molecular weight excluding hydrogens is 881 g/mol. The molecule has 71 heavy (non-hydrogen) atoms. The molecule has 5 heteroatoms. The molecular formula is C66H38N4S. The lowest BCUT2D eigenvalue weighted by atomic mass is 9.66. The quantitative estimate of drug-likeness (QED) is 0.173. The van der Waals surface area contributed by atoms with Gasteiger partial charge in [-0.15, -0.1) is 0 Å². The molecule has 0 bridgehead atoms.